The van der Waals surface area contributed by atoms with E-state index in [1.807, 2.05) is 37.3 Å². The zero-order valence-corrected chi connectivity index (χ0v) is 11.4. The molecule has 1 aromatic heterocycles. The van der Waals surface area contributed by atoms with Gasteiger partial charge in [-0.15, -0.1) is 0 Å². The minimum absolute atomic E-state index is 0.0632. The van der Waals surface area contributed by atoms with Gasteiger partial charge >= 0.3 is 0 Å². The molecule has 0 fully saturated rings. The molecule has 1 aromatic carbocycles. The van der Waals surface area contributed by atoms with Gasteiger partial charge in [0, 0.05) is 19.3 Å². The number of pyridine rings is 1. The van der Waals surface area contributed by atoms with Crippen molar-refractivity contribution in [2.75, 3.05) is 12.0 Å². The maximum Gasteiger partial charge on any atom is 0.256 e. The van der Waals surface area contributed by atoms with E-state index in [2.05, 4.69) is 10.4 Å². The third kappa shape index (κ3) is 3.13. The van der Waals surface area contributed by atoms with E-state index >= 15 is 0 Å². The van der Waals surface area contributed by atoms with Crippen LogP contribution in [0.1, 0.15) is 22.8 Å². The molecule has 5 nitrogen and oxygen atoms in total. The van der Waals surface area contributed by atoms with Gasteiger partial charge in [-0.2, -0.15) is 0 Å². The van der Waals surface area contributed by atoms with E-state index in [-0.39, 0.29) is 5.91 Å². The number of aromatic nitrogens is 1. The maximum atomic E-state index is 12.6. The van der Waals surface area contributed by atoms with Crippen LogP contribution < -0.4 is 11.3 Å². The van der Waals surface area contributed by atoms with Gasteiger partial charge in [-0.05, 0) is 18.6 Å². The van der Waals surface area contributed by atoms with Gasteiger partial charge in [-0.25, -0.2) is 0 Å². The average Bonchev–Trinajstić information content (AvgIpc) is 2.53. The van der Waals surface area contributed by atoms with Crippen molar-refractivity contribution >= 4 is 11.6 Å². The first kappa shape index (κ1) is 14.0. The van der Waals surface area contributed by atoms with Crippen molar-refractivity contribution in [2.45, 2.75) is 13.5 Å². The SMILES string of the molecule is CCN(Cc1ccccc1)C(=O)c1ccncc1NN. The van der Waals surface area contributed by atoms with Crippen LogP contribution in [-0.4, -0.2) is 22.3 Å². The first-order valence-corrected chi connectivity index (χ1v) is 6.50. The molecule has 2 rings (SSSR count). The Bertz CT molecular complexity index is 571. The van der Waals surface area contributed by atoms with Gasteiger partial charge < -0.3 is 10.3 Å². The van der Waals surface area contributed by atoms with Gasteiger partial charge in [0.1, 0.15) is 0 Å². The van der Waals surface area contributed by atoms with Crippen LogP contribution in [0.15, 0.2) is 48.8 Å². The second-order valence-electron chi connectivity index (χ2n) is 4.37. The van der Waals surface area contributed by atoms with E-state index in [9.17, 15) is 4.79 Å². The number of benzene rings is 1. The summed E-state index contributed by atoms with van der Waals surface area (Å²) in [5, 5.41) is 0. The highest BCUT2D eigenvalue weighted by molar-refractivity contribution is 5.99. The molecular formula is C15H18N4O. The normalized spacial score (nSPS) is 10.1. The average molecular weight is 270 g/mol. The molecule has 1 amide bonds. The van der Waals surface area contributed by atoms with Gasteiger partial charge in [0.2, 0.25) is 0 Å². The summed E-state index contributed by atoms with van der Waals surface area (Å²) in [6, 6.07) is 11.6. The molecule has 20 heavy (non-hydrogen) atoms. The largest absolute Gasteiger partial charge is 0.335 e. The molecule has 0 radical (unpaired) electrons. The number of nitrogens with one attached hydrogen (secondary N) is 1. The fourth-order valence-corrected chi connectivity index (χ4v) is 2.00. The molecule has 0 saturated carbocycles. The lowest BCUT2D eigenvalue weighted by Crippen LogP contribution is -2.31. The third-order valence-corrected chi connectivity index (χ3v) is 3.09. The summed E-state index contributed by atoms with van der Waals surface area (Å²) in [6.07, 6.45) is 3.13. The number of anilines is 1. The van der Waals surface area contributed by atoms with E-state index in [1.54, 1.807) is 23.4 Å². The number of nitrogen functional groups attached to an aromatic ring is 1. The topological polar surface area (TPSA) is 71.2 Å². The lowest BCUT2D eigenvalue weighted by Gasteiger charge is -2.22. The predicted molar refractivity (Wildman–Crippen MR) is 78.9 cm³/mol. The van der Waals surface area contributed by atoms with E-state index in [4.69, 9.17) is 5.84 Å². The number of nitrogens with two attached hydrogens (primary N) is 1. The van der Waals surface area contributed by atoms with Crippen LogP contribution in [0.2, 0.25) is 0 Å². The van der Waals surface area contributed by atoms with E-state index in [0.29, 0.717) is 24.3 Å². The molecular weight excluding hydrogens is 252 g/mol. The Labute approximate surface area is 118 Å². The Kier molecular flexibility index (Phi) is 4.68. The monoisotopic (exact) mass is 270 g/mol. The number of carbonyl (C=O) groups excluding carboxylic acids is 1. The molecule has 0 aliphatic carbocycles. The van der Waals surface area contributed by atoms with Crippen molar-refractivity contribution in [2.24, 2.45) is 5.84 Å². The van der Waals surface area contributed by atoms with Crippen LogP contribution in [-0.2, 0) is 6.54 Å². The highest BCUT2D eigenvalue weighted by Gasteiger charge is 2.17. The molecule has 1 heterocycles. The molecule has 5 heteroatoms. The second kappa shape index (κ2) is 6.68. The minimum atomic E-state index is -0.0632. The second-order valence-corrected chi connectivity index (χ2v) is 4.37. The number of rotatable bonds is 5. The van der Waals surface area contributed by atoms with Gasteiger partial charge in [0.05, 0.1) is 17.4 Å². The summed E-state index contributed by atoms with van der Waals surface area (Å²) in [7, 11) is 0. The van der Waals surface area contributed by atoms with Gasteiger partial charge in [-0.3, -0.25) is 15.6 Å². The van der Waals surface area contributed by atoms with Crippen molar-refractivity contribution in [1.82, 2.24) is 9.88 Å². The summed E-state index contributed by atoms with van der Waals surface area (Å²) in [6.45, 7) is 3.15. The van der Waals surface area contributed by atoms with Crippen LogP contribution in [0, 0.1) is 0 Å². The zero-order chi connectivity index (χ0) is 14.4. The van der Waals surface area contributed by atoms with Gasteiger partial charge in [-0.1, -0.05) is 30.3 Å². The molecule has 0 unspecified atom stereocenters. The Morgan fingerprint density at radius 3 is 2.70 bits per heavy atom. The Hall–Kier alpha value is -2.40. The molecule has 0 spiro atoms. The summed E-state index contributed by atoms with van der Waals surface area (Å²) in [5.41, 5.74) is 4.67. The lowest BCUT2D eigenvalue weighted by molar-refractivity contribution is 0.0753. The van der Waals surface area contributed by atoms with Gasteiger partial charge in [0.15, 0.2) is 0 Å². The number of hydrogen-bond donors (Lipinski definition) is 2. The number of hydrazine groups is 1. The van der Waals surface area contributed by atoms with E-state index in [1.165, 1.54) is 0 Å². The molecule has 3 N–H and O–H groups in total. The highest BCUT2D eigenvalue weighted by atomic mass is 16.2. The van der Waals surface area contributed by atoms with Crippen LogP contribution >= 0.6 is 0 Å². The number of carbonyl (C=O) groups is 1. The quantitative estimate of drug-likeness (QED) is 0.644. The van der Waals surface area contributed by atoms with E-state index < -0.39 is 0 Å². The Balaban J connectivity index is 2.21. The standard InChI is InChI=1S/C15H18N4O/c1-2-19(11-12-6-4-3-5-7-12)15(20)13-8-9-17-10-14(13)18-16/h3-10,18H,2,11,16H2,1H3. The Morgan fingerprint density at radius 2 is 2.05 bits per heavy atom. The molecule has 0 atom stereocenters. The first-order chi connectivity index (χ1) is 9.76. The van der Waals surface area contributed by atoms with Crippen LogP contribution in [0.25, 0.3) is 0 Å². The summed E-state index contributed by atoms with van der Waals surface area (Å²) in [5.74, 6) is 5.36. The van der Waals surface area contributed by atoms with Gasteiger partial charge in [0.25, 0.3) is 5.91 Å². The Morgan fingerprint density at radius 1 is 1.30 bits per heavy atom. The van der Waals surface area contributed by atoms with E-state index in [0.717, 1.165) is 5.56 Å². The molecule has 104 valence electrons. The molecule has 0 aliphatic rings. The fraction of sp³-hybridized carbons (Fsp3) is 0.200. The number of hydrogen-bond acceptors (Lipinski definition) is 4. The first-order valence-electron chi connectivity index (χ1n) is 6.50. The smallest absolute Gasteiger partial charge is 0.256 e. The van der Waals surface area contributed by atoms with Crippen molar-refractivity contribution in [1.29, 1.82) is 0 Å². The number of amides is 1. The molecule has 2 aromatic rings. The van der Waals surface area contributed by atoms with Crippen LogP contribution in [0.3, 0.4) is 0 Å². The van der Waals surface area contributed by atoms with Crippen LogP contribution in [0.5, 0.6) is 0 Å². The lowest BCUT2D eigenvalue weighted by atomic mass is 10.1. The van der Waals surface area contributed by atoms with Crippen molar-refractivity contribution < 1.29 is 4.79 Å². The minimum Gasteiger partial charge on any atom is -0.335 e. The van der Waals surface area contributed by atoms with Crippen molar-refractivity contribution in [3.8, 4) is 0 Å². The molecule has 0 bridgehead atoms. The zero-order valence-electron chi connectivity index (χ0n) is 11.4. The fourth-order valence-electron chi connectivity index (χ4n) is 2.00. The predicted octanol–water partition coefficient (Wildman–Crippen LogP) is 2.03. The summed E-state index contributed by atoms with van der Waals surface area (Å²) < 4.78 is 0. The van der Waals surface area contributed by atoms with Crippen molar-refractivity contribution in [3.05, 3.63) is 59.9 Å². The highest BCUT2D eigenvalue weighted by Crippen LogP contribution is 2.16. The summed E-state index contributed by atoms with van der Waals surface area (Å²) in [4.78, 5) is 18.3. The maximum absolute atomic E-state index is 12.6. The van der Waals surface area contributed by atoms with Crippen LogP contribution in [0.4, 0.5) is 5.69 Å². The number of nitrogens with zero attached hydrogens (tertiary/aromatic N) is 2. The van der Waals surface area contributed by atoms with Crippen molar-refractivity contribution in [3.63, 3.8) is 0 Å². The molecule has 0 saturated heterocycles. The molecule has 0 aliphatic heterocycles. The third-order valence-electron chi connectivity index (χ3n) is 3.09. The summed E-state index contributed by atoms with van der Waals surface area (Å²) >= 11 is 0.